The van der Waals surface area contributed by atoms with Gasteiger partial charge < -0.3 is 10.2 Å². The fourth-order valence-corrected chi connectivity index (χ4v) is 5.14. The molecule has 5 rings (SSSR count). The van der Waals surface area contributed by atoms with Gasteiger partial charge in [-0.15, -0.1) is 0 Å². The van der Waals surface area contributed by atoms with Crippen LogP contribution in [0.2, 0.25) is 0 Å². The highest BCUT2D eigenvalue weighted by molar-refractivity contribution is 7.07. The van der Waals surface area contributed by atoms with Gasteiger partial charge in [0.15, 0.2) is 0 Å². The lowest BCUT2D eigenvalue weighted by Gasteiger charge is -2.29. The first-order valence-corrected chi connectivity index (χ1v) is 10.8. The van der Waals surface area contributed by atoms with Crippen molar-refractivity contribution < 1.29 is 4.79 Å². The number of benzene rings is 1. The van der Waals surface area contributed by atoms with Crippen molar-refractivity contribution in [2.45, 2.75) is 31.8 Å². The molecule has 2 aromatic heterocycles. The number of hydrogen-bond donors (Lipinski definition) is 1. The van der Waals surface area contributed by atoms with E-state index in [0.717, 1.165) is 30.8 Å². The molecule has 144 valence electrons. The van der Waals surface area contributed by atoms with Crippen LogP contribution in [0, 0.1) is 5.41 Å². The van der Waals surface area contributed by atoms with E-state index in [1.165, 1.54) is 18.4 Å². The average molecular weight is 393 g/mol. The molecular formula is C22H24N4OS. The average Bonchev–Trinajstić information content (AvgIpc) is 3.18. The van der Waals surface area contributed by atoms with Gasteiger partial charge in [0.1, 0.15) is 0 Å². The van der Waals surface area contributed by atoms with Crippen LogP contribution in [0.4, 0.5) is 0 Å². The van der Waals surface area contributed by atoms with Gasteiger partial charge in [-0.25, -0.2) is 4.68 Å². The second-order valence-corrected chi connectivity index (χ2v) is 8.67. The van der Waals surface area contributed by atoms with Crippen LogP contribution in [0.15, 0.2) is 59.6 Å². The van der Waals surface area contributed by atoms with E-state index in [9.17, 15) is 4.79 Å². The Kier molecular flexibility index (Phi) is 4.53. The molecule has 1 spiro atoms. The lowest BCUT2D eigenvalue weighted by Crippen LogP contribution is -2.39. The van der Waals surface area contributed by atoms with E-state index < -0.39 is 0 Å². The van der Waals surface area contributed by atoms with Gasteiger partial charge in [-0.1, -0.05) is 0 Å². The molecule has 1 unspecified atom stereocenters. The Morgan fingerprint density at radius 1 is 1.25 bits per heavy atom. The number of aromatic nitrogens is 2. The molecule has 5 nitrogen and oxygen atoms in total. The zero-order valence-electron chi connectivity index (χ0n) is 15.8. The Hall–Kier alpha value is -2.44. The maximum atomic E-state index is 13.5. The number of piperidine rings is 1. The summed E-state index contributed by atoms with van der Waals surface area (Å²) in [7, 11) is 0. The molecule has 3 aromatic rings. The van der Waals surface area contributed by atoms with Crippen LogP contribution >= 0.6 is 11.3 Å². The lowest BCUT2D eigenvalue weighted by molar-refractivity contribution is 0.0692. The largest absolute Gasteiger partial charge is 0.331 e. The molecule has 6 heteroatoms. The quantitative estimate of drug-likeness (QED) is 0.720. The van der Waals surface area contributed by atoms with Gasteiger partial charge in [0.2, 0.25) is 0 Å². The van der Waals surface area contributed by atoms with Gasteiger partial charge in [-0.2, -0.15) is 16.4 Å². The molecule has 1 atom stereocenters. The molecule has 1 saturated heterocycles. The Balaban J connectivity index is 1.39. The Labute approximate surface area is 169 Å². The molecule has 0 bridgehead atoms. The smallest absolute Gasteiger partial charge is 0.254 e. The van der Waals surface area contributed by atoms with Crippen molar-refractivity contribution in [2.75, 3.05) is 13.1 Å². The number of amides is 1. The number of carbonyl (C=O) groups is 1. The number of thiophene rings is 1. The van der Waals surface area contributed by atoms with E-state index in [1.54, 1.807) is 17.5 Å². The van der Waals surface area contributed by atoms with Crippen LogP contribution in [-0.4, -0.2) is 39.7 Å². The van der Waals surface area contributed by atoms with Crippen molar-refractivity contribution in [1.29, 1.82) is 0 Å². The molecule has 1 amide bonds. The number of nitrogens with one attached hydrogen (secondary N) is 1. The van der Waals surface area contributed by atoms with E-state index in [1.807, 2.05) is 41.2 Å². The van der Waals surface area contributed by atoms with Crippen LogP contribution in [0.5, 0.6) is 0 Å². The Morgan fingerprint density at radius 2 is 2.07 bits per heavy atom. The predicted octanol–water partition coefficient (Wildman–Crippen LogP) is 3.72. The number of hydrogen-bond acceptors (Lipinski definition) is 4. The summed E-state index contributed by atoms with van der Waals surface area (Å²) < 4.78 is 1.81. The SMILES string of the molecule is O=C(c1ccc(-n2cccn2)cc1)N(Cc1ccsc1)C1CC12CCNCC2. The molecule has 1 saturated carbocycles. The topological polar surface area (TPSA) is 50.2 Å². The monoisotopic (exact) mass is 392 g/mol. The first-order valence-electron chi connectivity index (χ1n) is 9.88. The third kappa shape index (κ3) is 3.27. The summed E-state index contributed by atoms with van der Waals surface area (Å²) in [5.74, 6) is 0.138. The summed E-state index contributed by atoms with van der Waals surface area (Å²) in [4.78, 5) is 15.6. The van der Waals surface area contributed by atoms with Crippen molar-refractivity contribution in [3.8, 4) is 5.69 Å². The summed E-state index contributed by atoms with van der Waals surface area (Å²) >= 11 is 1.69. The van der Waals surface area contributed by atoms with Crippen LogP contribution in [-0.2, 0) is 6.54 Å². The summed E-state index contributed by atoms with van der Waals surface area (Å²) in [6.07, 6.45) is 7.14. The Morgan fingerprint density at radius 3 is 2.75 bits per heavy atom. The van der Waals surface area contributed by atoms with Crippen LogP contribution in [0.1, 0.15) is 35.2 Å². The molecule has 1 aliphatic heterocycles. The zero-order valence-corrected chi connectivity index (χ0v) is 16.6. The first kappa shape index (κ1) is 17.6. The summed E-state index contributed by atoms with van der Waals surface area (Å²) in [5, 5.41) is 12.0. The summed E-state index contributed by atoms with van der Waals surface area (Å²) in [5.41, 5.74) is 3.27. The second kappa shape index (κ2) is 7.18. The van der Waals surface area contributed by atoms with Crippen LogP contribution in [0.25, 0.3) is 5.69 Å². The standard InChI is InChI=1S/C22H24N4OS/c27-21(18-2-4-19(5-3-18)26-12-1-9-24-26)25(15-17-6-13-28-16-17)20-14-22(20)7-10-23-11-8-22/h1-6,9,12-13,16,20,23H,7-8,10-11,14-15H2. The maximum absolute atomic E-state index is 13.5. The van der Waals surface area contributed by atoms with Crippen molar-refractivity contribution >= 4 is 17.2 Å². The van der Waals surface area contributed by atoms with E-state index in [2.05, 4.69) is 32.1 Å². The summed E-state index contributed by atoms with van der Waals surface area (Å²) in [6, 6.07) is 12.2. The fraction of sp³-hybridized carbons (Fsp3) is 0.364. The van der Waals surface area contributed by atoms with E-state index >= 15 is 0 Å². The van der Waals surface area contributed by atoms with Gasteiger partial charge in [0.05, 0.1) is 5.69 Å². The van der Waals surface area contributed by atoms with Gasteiger partial charge in [0, 0.05) is 30.5 Å². The van der Waals surface area contributed by atoms with Crippen molar-refractivity contribution in [1.82, 2.24) is 20.0 Å². The van der Waals surface area contributed by atoms with Crippen molar-refractivity contribution in [3.63, 3.8) is 0 Å². The number of carbonyl (C=O) groups excluding carboxylic acids is 1. The van der Waals surface area contributed by atoms with Crippen molar-refractivity contribution in [3.05, 3.63) is 70.7 Å². The van der Waals surface area contributed by atoms with Gasteiger partial charge in [-0.05, 0) is 90.5 Å². The van der Waals surface area contributed by atoms with Crippen LogP contribution in [0.3, 0.4) is 0 Å². The van der Waals surface area contributed by atoms with E-state index in [-0.39, 0.29) is 5.91 Å². The molecule has 2 aliphatic rings. The predicted molar refractivity (Wildman–Crippen MR) is 111 cm³/mol. The molecule has 2 fully saturated rings. The third-order valence-electron chi connectivity index (χ3n) is 6.20. The highest BCUT2D eigenvalue weighted by Gasteiger charge is 2.57. The minimum absolute atomic E-state index is 0.138. The molecule has 0 radical (unpaired) electrons. The van der Waals surface area contributed by atoms with Gasteiger partial charge in [-0.3, -0.25) is 4.79 Å². The molecule has 1 aromatic carbocycles. The highest BCUT2D eigenvalue weighted by Crippen LogP contribution is 2.56. The minimum atomic E-state index is 0.138. The number of rotatable bonds is 5. The zero-order chi connectivity index (χ0) is 19.0. The molecule has 1 aliphatic carbocycles. The molecule has 1 N–H and O–H groups in total. The normalized spacial score (nSPS) is 20.2. The van der Waals surface area contributed by atoms with E-state index in [4.69, 9.17) is 0 Å². The van der Waals surface area contributed by atoms with Crippen LogP contribution < -0.4 is 5.32 Å². The van der Waals surface area contributed by atoms with E-state index in [0.29, 0.717) is 18.0 Å². The highest BCUT2D eigenvalue weighted by atomic mass is 32.1. The molecule has 28 heavy (non-hydrogen) atoms. The lowest BCUT2D eigenvalue weighted by atomic mass is 9.93. The minimum Gasteiger partial charge on any atom is -0.331 e. The second-order valence-electron chi connectivity index (χ2n) is 7.89. The fourth-order valence-electron chi connectivity index (χ4n) is 4.48. The Bertz CT molecular complexity index is 928. The third-order valence-corrected chi connectivity index (χ3v) is 6.93. The first-order chi connectivity index (χ1) is 13.8. The molecular weight excluding hydrogens is 368 g/mol. The van der Waals surface area contributed by atoms with Gasteiger partial charge >= 0.3 is 0 Å². The maximum Gasteiger partial charge on any atom is 0.254 e. The number of nitrogens with zero attached hydrogens (tertiary/aromatic N) is 3. The molecule has 3 heterocycles. The summed E-state index contributed by atoms with van der Waals surface area (Å²) in [6.45, 7) is 2.83. The van der Waals surface area contributed by atoms with Crippen molar-refractivity contribution in [2.24, 2.45) is 5.41 Å². The van der Waals surface area contributed by atoms with Gasteiger partial charge in [0.25, 0.3) is 5.91 Å².